The first kappa shape index (κ1) is 13.0. The summed E-state index contributed by atoms with van der Waals surface area (Å²) < 4.78 is 1.98. The van der Waals surface area contributed by atoms with Crippen molar-refractivity contribution in [2.45, 2.75) is 57.9 Å². The molecule has 2 heterocycles. The van der Waals surface area contributed by atoms with Crippen LogP contribution in [0.5, 0.6) is 0 Å². The molecular formula is C13H21N5S. The maximum atomic E-state index is 4.67. The summed E-state index contributed by atoms with van der Waals surface area (Å²) in [5.41, 5.74) is 0. The molecule has 3 rings (SSSR count). The van der Waals surface area contributed by atoms with Crippen LogP contribution in [0.3, 0.4) is 0 Å². The Morgan fingerprint density at radius 2 is 2.11 bits per heavy atom. The van der Waals surface area contributed by atoms with Crippen LogP contribution in [-0.4, -0.2) is 26.4 Å². The molecule has 0 aromatic carbocycles. The summed E-state index contributed by atoms with van der Waals surface area (Å²) in [7, 11) is 0. The SMILES string of the molecule is CCCNCc1nn2c(C3CCCCC3)nnc2s1. The maximum absolute atomic E-state index is 4.67. The highest BCUT2D eigenvalue weighted by Crippen LogP contribution is 2.32. The van der Waals surface area contributed by atoms with Gasteiger partial charge in [0.1, 0.15) is 5.01 Å². The van der Waals surface area contributed by atoms with Crippen molar-refractivity contribution < 1.29 is 0 Å². The normalized spacial score (nSPS) is 17.3. The molecule has 104 valence electrons. The van der Waals surface area contributed by atoms with E-state index in [-0.39, 0.29) is 0 Å². The van der Waals surface area contributed by atoms with Crippen LogP contribution < -0.4 is 5.32 Å². The number of rotatable bonds is 5. The fourth-order valence-corrected chi connectivity index (χ4v) is 3.54. The lowest BCUT2D eigenvalue weighted by Gasteiger charge is -2.18. The minimum atomic E-state index is 0.558. The van der Waals surface area contributed by atoms with Crippen LogP contribution in [0.1, 0.15) is 62.2 Å². The van der Waals surface area contributed by atoms with Gasteiger partial charge in [-0.2, -0.15) is 9.61 Å². The molecule has 1 aliphatic rings. The Balaban J connectivity index is 1.77. The fraction of sp³-hybridized carbons (Fsp3) is 0.769. The lowest BCUT2D eigenvalue weighted by molar-refractivity contribution is 0.422. The Bertz CT molecular complexity index is 526. The summed E-state index contributed by atoms with van der Waals surface area (Å²) in [5, 5.41) is 17.8. The van der Waals surface area contributed by atoms with E-state index in [0.717, 1.165) is 35.3 Å². The first-order valence-electron chi connectivity index (χ1n) is 7.30. The van der Waals surface area contributed by atoms with Crippen molar-refractivity contribution in [3.8, 4) is 0 Å². The third-order valence-electron chi connectivity index (χ3n) is 3.73. The molecule has 0 bridgehead atoms. The van der Waals surface area contributed by atoms with E-state index in [0.29, 0.717) is 5.92 Å². The first-order chi connectivity index (χ1) is 9.38. The largest absolute Gasteiger partial charge is 0.310 e. The van der Waals surface area contributed by atoms with E-state index in [4.69, 9.17) is 0 Å². The van der Waals surface area contributed by atoms with Gasteiger partial charge < -0.3 is 5.32 Å². The molecule has 1 fully saturated rings. The molecule has 0 amide bonds. The highest BCUT2D eigenvalue weighted by atomic mass is 32.1. The standard InChI is InChI=1S/C13H21N5S/c1-2-8-14-9-11-17-18-12(15-16-13(18)19-11)10-6-4-3-5-7-10/h10,14H,2-9H2,1H3. The Morgan fingerprint density at radius 3 is 2.89 bits per heavy atom. The molecule has 0 radical (unpaired) electrons. The lowest BCUT2D eigenvalue weighted by Crippen LogP contribution is -2.14. The van der Waals surface area contributed by atoms with Gasteiger partial charge in [-0.05, 0) is 25.8 Å². The van der Waals surface area contributed by atoms with Crippen LogP contribution >= 0.6 is 11.3 Å². The van der Waals surface area contributed by atoms with Crippen LogP contribution in [0.2, 0.25) is 0 Å². The second kappa shape index (κ2) is 5.96. The monoisotopic (exact) mass is 279 g/mol. The molecule has 0 unspecified atom stereocenters. The van der Waals surface area contributed by atoms with Gasteiger partial charge in [-0.25, -0.2) is 0 Å². The average molecular weight is 279 g/mol. The second-order valence-electron chi connectivity index (χ2n) is 5.26. The molecule has 2 aromatic rings. The third-order valence-corrected chi connectivity index (χ3v) is 4.63. The molecule has 2 aromatic heterocycles. The van der Waals surface area contributed by atoms with Crippen molar-refractivity contribution in [3.63, 3.8) is 0 Å². The smallest absolute Gasteiger partial charge is 0.234 e. The summed E-state index contributed by atoms with van der Waals surface area (Å²) in [5.74, 6) is 1.63. The quantitative estimate of drug-likeness (QED) is 0.855. The van der Waals surface area contributed by atoms with Gasteiger partial charge >= 0.3 is 0 Å². The van der Waals surface area contributed by atoms with E-state index in [1.165, 1.54) is 32.1 Å². The summed E-state index contributed by atoms with van der Waals surface area (Å²) in [6.07, 6.45) is 7.62. The summed E-state index contributed by atoms with van der Waals surface area (Å²) in [6.45, 7) is 4.05. The predicted octanol–water partition coefficient (Wildman–Crippen LogP) is 2.73. The second-order valence-corrected chi connectivity index (χ2v) is 6.30. The predicted molar refractivity (Wildman–Crippen MR) is 76.5 cm³/mol. The third kappa shape index (κ3) is 2.79. The molecule has 0 aliphatic heterocycles. The number of nitrogens with one attached hydrogen (secondary N) is 1. The summed E-state index contributed by atoms with van der Waals surface area (Å²) in [4.78, 5) is 0.939. The zero-order chi connectivity index (χ0) is 13.1. The zero-order valence-corrected chi connectivity index (χ0v) is 12.2. The van der Waals surface area contributed by atoms with E-state index in [1.54, 1.807) is 11.3 Å². The van der Waals surface area contributed by atoms with Gasteiger partial charge in [0.25, 0.3) is 0 Å². The number of nitrogens with zero attached hydrogens (tertiary/aromatic N) is 4. The van der Waals surface area contributed by atoms with E-state index < -0.39 is 0 Å². The minimum absolute atomic E-state index is 0.558. The van der Waals surface area contributed by atoms with E-state index in [9.17, 15) is 0 Å². The van der Waals surface area contributed by atoms with Gasteiger partial charge in [0.15, 0.2) is 5.82 Å². The molecule has 1 N–H and O–H groups in total. The highest BCUT2D eigenvalue weighted by molar-refractivity contribution is 7.16. The Morgan fingerprint density at radius 1 is 1.26 bits per heavy atom. The van der Waals surface area contributed by atoms with Gasteiger partial charge in [-0.3, -0.25) is 0 Å². The Labute approximate surface area is 117 Å². The molecule has 19 heavy (non-hydrogen) atoms. The number of fused-ring (bicyclic) bond motifs is 1. The van der Waals surface area contributed by atoms with E-state index in [2.05, 4.69) is 27.5 Å². The van der Waals surface area contributed by atoms with Crippen molar-refractivity contribution in [1.29, 1.82) is 0 Å². The van der Waals surface area contributed by atoms with Crippen molar-refractivity contribution in [2.24, 2.45) is 0 Å². The van der Waals surface area contributed by atoms with Gasteiger partial charge in [-0.15, -0.1) is 10.2 Å². The van der Waals surface area contributed by atoms with Crippen LogP contribution in [0.25, 0.3) is 4.96 Å². The summed E-state index contributed by atoms with van der Waals surface area (Å²) in [6, 6.07) is 0. The first-order valence-corrected chi connectivity index (χ1v) is 8.12. The molecule has 0 saturated heterocycles. The Hall–Kier alpha value is -1.01. The van der Waals surface area contributed by atoms with Crippen molar-refractivity contribution in [2.75, 3.05) is 6.54 Å². The molecule has 1 saturated carbocycles. The van der Waals surface area contributed by atoms with Gasteiger partial charge in [0.2, 0.25) is 4.96 Å². The van der Waals surface area contributed by atoms with Crippen LogP contribution in [0.15, 0.2) is 0 Å². The molecular weight excluding hydrogens is 258 g/mol. The van der Waals surface area contributed by atoms with Crippen LogP contribution in [-0.2, 0) is 6.54 Å². The van der Waals surface area contributed by atoms with Gasteiger partial charge in [-0.1, -0.05) is 37.5 Å². The van der Waals surface area contributed by atoms with Crippen molar-refractivity contribution in [1.82, 2.24) is 25.1 Å². The van der Waals surface area contributed by atoms with Gasteiger partial charge in [0, 0.05) is 12.5 Å². The van der Waals surface area contributed by atoms with Crippen LogP contribution in [0.4, 0.5) is 0 Å². The minimum Gasteiger partial charge on any atom is -0.310 e. The highest BCUT2D eigenvalue weighted by Gasteiger charge is 2.22. The van der Waals surface area contributed by atoms with Crippen LogP contribution in [0, 0.1) is 0 Å². The number of hydrogen-bond acceptors (Lipinski definition) is 5. The fourth-order valence-electron chi connectivity index (χ4n) is 2.73. The van der Waals surface area contributed by atoms with E-state index in [1.807, 2.05) is 4.52 Å². The Kier molecular flexibility index (Phi) is 4.08. The lowest BCUT2D eigenvalue weighted by atomic mass is 9.89. The molecule has 6 heteroatoms. The van der Waals surface area contributed by atoms with Crippen molar-refractivity contribution >= 4 is 16.3 Å². The molecule has 0 spiro atoms. The number of aromatic nitrogens is 4. The molecule has 0 atom stereocenters. The molecule has 1 aliphatic carbocycles. The number of hydrogen-bond donors (Lipinski definition) is 1. The molecule has 5 nitrogen and oxygen atoms in total. The topological polar surface area (TPSA) is 55.1 Å². The van der Waals surface area contributed by atoms with Gasteiger partial charge in [0.05, 0.1) is 0 Å². The van der Waals surface area contributed by atoms with E-state index >= 15 is 0 Å². The zero-order valence-electron chi connectivity index (χ0n) is 11.4. The maximum Gasteiger partial charge on any atom is 0.234 e. The van der Waals surface area contributed by atoms with Crippen molar-refractivity contribution in [3.05, 3.63) is 10.8 Å². The summed E-state index contributed by atoms with van der Waals surface area (Å²) >= 11 is 1.65. The average Bonchev–Trinajstić information content (AvgIpc) is 3.00.